The fourth-order valence-electron chi connectivity index (χ4n) is 1.26. The van der Waals surface area contributed by atoms with E-state index in [2.05, 4.69) is 29.6 Å². The van der Waals surface area contributed by atoms with Crippen LogP contribution in [0.25, 0.3) is 10.9 Å². The first-order valence-corrected chi connectivity index (χ1v) is 5.15. The minimum Gasteiger partial charge on any atom is -0.373 e. The van der Waals surface area contributed by atoms with E-state index in [4.69, 9.17) is 0 Å². The monoisotopic (exact) mass is 192 g/mol. The van der Waals surface area contributed by atoms with Gasteiger partial charge in [0, 0.05) is 11.4 Å². The van der Waals surface area contributed by atoms with Crippen LogP contribution < -0.4 is 5.32 Å². The highest BCUT2D eigenvalue weighted by Gasteiger charge is 2.04. The molecule has 0 amide bonds. The van der Waals surface area contributed by atoms with E-state index in [1.807, 2.05) is 18.2 Å². The van der Waals surface area contributed by atoms with Crippen LogP contribution in [0.4, 0.5) is 5.00 Å². The standard InChI is InChI=1S/C10H12N2S/c1-7(2)11-10-8-5-3-4-6-9(8)12-13-10/h3-7,11H,1-2H3. The Kier molecular flexibility index (Phi) is 2.19. The number of hydrogen-bond donors (Lipinski definition) is 1. The van der Waals surface area contributed by atoms with Gasteiger partial charge in [0.25, 0.3) is 0 Å². The third kappa shape index (κ3) is 1.65. The molecule has 0 unspecified atom stereocenters. The molecule has 68 valence electrons. The van der Waals surface area contributed by atoms with E-state index in [9.17, 15) is 0 Å². The minimum absolute atomic E-state index is 0.462. The van der Waals surface area contributed by atoms with Gasteiger partial charge in [0.15, 0.2) is 0 Å². The van der Waals surface area contributed by atoms with E-state index in [1.165, 1.54) is 21.9 Å². The van der Waals surface area contributed by atoms with Crippen LogP contribution in [0, 0.1) is 0 Å². The zero-order valence-corrected chi connectivity index (χ0v) is 8.56. The van der Waals surface area contributed by atoms with Gasteiger partial charge in [-0.3, -0.25) is 0 Å². The van der Waals surface area contributed by atoms with Crippen molar-refractivity contribution < 1.29 is 0 Å². The van der Waals surface area contributed by atoms with Gasteiger partial charge in [-0.1, -0.05) is 12.1 Å². The molecule has 2 aromatic rings. The molecule has 0 saturated carbocycles. The Bertz CT molecular complexity index is 406. The van der Waals surface area contributed by atoms with E-state index in [-0.39, 0.29) is 0 Å². The number of fused-ring (bicyclic) bond motifs is 1. The van der Waals surface area contributed by atoms with Crippen molar-refractivity contribution in [3.63, 3.8) is 0 Å². The van der Waals surface area contributed by atoms with Crippen molar-refractivity contribution in [2.24, 2.45) is 0 Å². The molecule has 0 atom stereocenters. The smallest absolute Gasteiger partial charge is 0.117 e. The molecular weight excluding hydrogens is 180 g/mol. The van der Waals surface area contributed by atoms with Crippen molar-refractivity contribution in [2.45, 2.75) is 19.9 Å². The van der Waals surface area contributed by atoms with Crippen LogP contribution in [0.2, 0.25) is 0 Å². The van der Waals surface area contributed by atoms with Gasteiger partial charge >= 0.3 is 0 Å². The number of hydrogen-bond acceptors (Lipinski definition) is 3. The maximum Gasteiger partial charge on any atom is 0.117 e. The zero-order valence-electron chi connectivity index (χ0n) is 7.74. The van der Waals surface area contributed by atoms with Gasteiger partial charge in [-0.15, -0.1) is 0 Å². The van der Waals surface area contributed by atoms with Gasteiger partial charge in [-0.05, 0) is 37.5 Å². The molecule has 2 nitrogen and oxygen atoms in total. The highest BCUT2D eigenvalue weighted by molar-refractivity contribution is 7.11. The largest absolute Gasteiger partial charge is 0.373 e. The molecule has 1 N–H and O–H groups in total. The Morgan fingerprint density at radius 3 is 2.85 bits per heavy atom. The number of benzene rings is 1. The summed E-state index contributed by atoms with van der Waals surface area (Å²) in [5, 5.41) is 5.78. The van der Waals surface area contributed by atoms with Crippen molar-refractivity contribution in [2.75, 3.05) is 5.32 Å². The zero-order chi connectivity index (χ0) is 9.26. The fraction of sp³-hybridized carbons (Fsp3) is 0.300. The molecule has 13 heavy (non-hydrogen) atoms. The summed E-state index contributed by atoms with van der Waals surface area (Å²) in [7, 11) is 0. The first kappa shape index (κ1) is 8.51. The Balaban J connectivity index is 2.46. The highest BCUT2D eigenvalue weighted by atomic mass is 32.1. The lowest BCUT2D eigenvalue weighted by atomic mass is 10.2. The van der Waals surface area contributed by atoms with E-state index in [0.29, 0.717) is 6.04 Å². The summed E-state index contributed by atoms with van der Waals surface area (Å²) in [4.78, 5) is 0. The molecule has 0 bridgehead atoms. The summed E-state index contributed by atoms with van der Waals surface area (Å²) in [6.45, 7) is 4.27. The van der Waals surface area contributed by atoms with Crippen molar-refractivity contribution in [3.05, 3.63) is 24.3 Å². The van der Waals surface area contributed by atoms with Crippen LogP contribution >= 0.6 is 11.5 Å². The topological polar surface area (TPSA) is 24.9 Å². The van der Waals surface area contributed by atoms with Gasteiger partial charge in [0.2, 0.25) is 0 Å². The molecule has 0 aliphatic carbocycles. The van der Waals surface area contributed by atoms with Crippen molar-refractivity contribution in [1.82, 2.24) is 4.37 Å². The molecule has 2 rings (SSSR count). The number of anilines is 1. The molecule has 1 aromatic carbocycles. The number of nitrogens with zero attached hydrogens (tertiary/aromatic N) is 1. The molecule has 0 radical (unpaired) electrons. The molecule has 0 spiro atoms. The molecule has 1 aromatic heterocycles. The summed E-state index contributed by atoms with van der Waals surface area (Å²) >= 11 is 1.53. The molecule has 0 saturated heterocycles. The van der Waals surface area contributed by atoms with Gasteiger partial charge < -0.3 is 5.32 Å². The van der Waals surface area contributed by atoms with E-state index in [0.717, 1.165) is 5.52 Å². The SMILES string of the molecule is CC(C)Nc1snc2ccccc12. The number of aromatic nitrogens is 1. The maximum atomic E-state index is 4.35. The first-order valence-electron chi connectivity index (χ1n) is 4.38. The Morgan fingerprint density at radius 1 is 1.31 bits per heavy atom. The van der Waals surface area contributed by atoms with E-state index >= 15 is 0 Å². The lowest BCUT2D eigenvalue weighted by Crippen LogP contribution is -2.08. The van der Waals surface area contributed by atoms with Gasteiger partial charge in [-0.2, -0.15) is 4.37 Å². The van der Waals surface area contributed by atoms with Crippen LogP contribution in [0.15, 0.2) is 24.3 Å². The minimum atomic E-state index is 0.462. The lowest BCUT2D eigenvalue weighted by Gasteiger charge is -2.06. The summed E-state index contributed by atoms with van der Waals surface area (Å²) in [6, 6.07) is 8.66. The predicted octanol–water partition coefficient (Wildman–Crippen LogP) is 3.12. The third-order valence-corrected chi connectivity index (χ3v) is 2.61. The second kappa shape index (κ2) is 3.34. The van der Waals surface area contributed by atoms with E-state index in [1.54, 1.807) is 0 Å². The molecule has 1 heterocycles. The quantitative estimate of drug-likeness (QED) is 0.790. The maximum absolute atomic E-state index is 4.35. The summed E-state index contributed by atoms with van der Waals surface area (Å²) in [6.07, 6.45) is 0. The second-order valence-electron chi connectivity index (χ2n) is 3.33. The van der Waals surface area contributed by atoms with Crippen molar-refractivity contribution in [1.29, 1.82) is 0 Å². The van der Waals surface area contributed by atoms with Crippen LogP contribution in [0.1, 0.15) is 13.8 Å². The normalized spacial score (nSPS) is 11.0. The fourth-order valence-corrected chi connectivity index (χ4v) is 2.16. The van der Waals surface area contributed by atoms with Gasteiger partial charge in [0.05, 0.1) is 5.52 Å². The number of nitrogens with one attached hydrogen (secondary N) is 1. The second-order valence-corrected chi connectivity index (χ2v) is 4.10. The highest BCUT2D eigenvalue weighted by Crippen LogP contribution is 2.27. The molecular formula is C10H12N2S. The average molecular weight is 192 g/mol. The summed E-state index contributed by atoms with van der Waals surface area (Å²) in [5.74, 6) is 0. The Labute approximate surface area is 81.8 Å². The van der Waals surface area contributed by atoms with Crippen LogP contribution in [-0.2, 0) is 0 Å². The Hall–Kier alpha value is -1.09. The van der Waals surface area contributed by atoms with Gasteiger partial charge in [-0.25, -0.2) is 0 Å². The van der Waals surface area contributed by atoms with Crippen LogP contribution in [0.3, 0.4) is 0 Å². The summed E-state index contributed by atoms with van der Waals surface area (Å²) in [5.41, 5.74) is 1.08. The molecule has 0 fully saturated rings. The van der Waals surface area contributed by atoms with Gasteiger partial charge in [0.1, 0.15) is 5.00 Å². The van der Waals surface area contributed by atoms with E-state index < -0.39 is 0 Å². The van der Waals surface area contributed by atoms with Crippen LogP contribution in [-0.4, -0.2) is 10.4 Å². The lowest BCUT2D eigenvalue weighted by molar-refractivity contribution is 0.906. The molecule has 0 aliphatic rings. The predicted molar refractivity (Wildman–Crippen MR) is 58.4 cm³/mol. The molecule has 0 aliphatic heterocycles. The first-order chi connectivity index (χ1) is 6.27. The van der Waals surface area contributed by atoms with Crippen LogP contribution in [0.5, 0.6) is 0 Å². The average Bonchev–Trinajstić information content (AvgIpc) is 2.48. The Morgan fingerprint density at radius 2 is 2.08 bits per heavy atom. The van der Waals surface area contributed by atoms with Crippen molar-refractivity contribution >= 4 is 27.4 Å². The molecule has 3 heteroatoms. The van der Waals surface area contributed by atoms with Crippen molar-refractivity contribution in [3.8, 4) is 0 Å². The third-order valence-electron chi connectivity index (χ3n) is 1.80. The number of rotatable bonds is 2. The summed E-state index contributed by atoms with van der Waals surface area (Å²) < 4.78 is 4.35.